The number of carbonyl (C=O) groups excluding carboxylic acids is 1. The lowest BCUT2D eigenvalue weighted by Gasteiger charge is -2.15. The summed E-state index contributed by atoms with van der Waals surface area (Å²) in [6.45, 7) is 1.34. The number of fused-ring (bicyclic) bond motifs is 1. The third-order valence-corrected chi connectivity index (χ3v) is 3.45. The van der Waals surface area contributed by atoms with Crippen LogP contribution >= 0.6 is 0 Å². The van der Waals surface area contributed by atoms with E-state index in [0.29, 0.717) is 30.7 Å². The van der Waals surface area contributed by atoms with Crippen molar-refractivity contribution in [1.29, 1.82) is 0 Å². The molecule has 0 N–H and O–H groups in total. The van der Waals surface area contributed by atoms with Gasteiger partial charge in [-0.2, -0.15) is 0 Å². The lowest BCUT2D eigenvalue weighted by Crippen LogP contribution is -2.28. The van der Waals surface area contributed by atoms with Crippen molar-refractivity contribution in [1.82, 2.24) is 4.57 Å². The second-order valence-corrected chi connectivity index (χ2v) is 4.69. The fourth-order valence-corrected chi connectivity index (χ4v) is 2.46. The van der Waals surface area contributed by atoms with Crippen LogP contribution in [0.25, 0.3) is 10.9 Å². The van der Waals surface area contributed by atoms with Crippen LogP contribution in [-0.2, 0) is 20.8 Å². The van der Waals surface area contributed by atoms with Gasteiger partial charge in [0.05, 0.1) is 37.9 Å². The monoisotopic (exact) mass is 289 g/mol. The molecule has 2 aromatic rings. The zero-order valence-corrected chi connectivity index (χ0v) is 11.6. The van der Waals surface area contributed by atoms with Crippen molar-refractivity contribution in [2.75, 3.05) is 20.3 Å². The van der Waals surface area contributed by atoms with Gasteiger partial charge in [0.2, 0.25) is 0 Å². The standard InChI is InChI=1S/C15H15NO5/c1-19-15(18)11-8-13(17)16(9-14-20-6-7-21-14)12-5-3-2-4-10(11)12/h2-5,8,14H,6-7,9H2,1H3. The summed E-state index contributed by atoms with van der Waals surface area (Å²) in [7, 11) is 1.29. The first-order chi connectivity index (χ1) is 10.2. The fourth-order valence-electron chi connectivity index (χ4n) is 2.46. The van der Waals surface area contributed by atoms with Crippen molar-refractivity contribution < 1.29 is 19.0 Å². The summed E-state index contributed by atoms with van der Waals surface area (Å²) in [6.07, 6.45) is -0.435. The second-order valence-electron chi connectivity index (χ2n) is 4.69. The molecule has 0 amide bonds. The Balaban J connectivity index is 2.14. The Morgan fingerprint density at radius 1 is 1.33 bits per heavy atom. The summed E-state index contributed by atoms with van der Waals surface area (Å²) in [5.41, 5.74) is 0.639. The van der Waals surface area contributed by atoms with Crippen molar-refractivity contribution in [2.24, 2.45) is 0 Å². The minimum Gasteiger partial charge on any atom is -0.465 e. The average molecular weight is 289 g/mol. The van der Waals surface area contributed by atoms with E-state index in [1.807, 2.05) is 12.1 Å². The van der Waals surface area contributed by atoms with Gasteiger partial charge in [-0.3, -0.25) is 4.79 Å². The van der Waals surface area contributed by atoms with E-state index in [4.69, 9.17) is 14.2 Å². The van der Waals surface area contributed by atoms with E-state index in [9.17, 15) is 9.59 Å². The minimum atomic E-state index is -0.524. The summed E-state index contributed by atoms with van der Waals surface area (Å²) < 4.78 is 17.1. The molecule has 0 saturated carbocycles. The first kappa shape index (κ1) is 13.8. The maximum absolute atomic E-state index is 12.3. The third-order valence-electron chi connectivity index (χ3n) is 3.45. The molecule has 1 saturated heterocycles. The molecule has 0 aliphatic carbocycles. The first-order valence-corrected chi connectivity index (χ1v) is 6.65. The van der Waals surface area contributed by atoms with Crippen molar-refractivity contribution in [3.8, 4) is 0 Å². The van der Waals surface area contributed by atoms with Gasteiger partial charge in [0, 0.05) is 11.5 Å². The van der Waals surface area contributed by atoms with Crippen LogP contribution in [0, 0.1) is 0 Å². The predicted octanol–water partition coefficient (Wildman–Crippen LogP) is 1.16. The number of benzene rings is 1. The highest BCUT2D eigenvalue weighted by Gasteiger charge is 2.20. The van der Waals surface area contributed by atoms with E-state index >= 15 is 0 Å². The van der Waals surface area contributed by atoms with Gasteiger partial charge in [-0.05, 0) is 6.07 Å². The smallest absolute Gasteiger partial charge is 0.338 e. The first-order valence-electron chi connectivity index (χ1n) is 6.65. The predicted molar refractivity (Wildman–Crippen MR) is 75.2 cm³/mol. The summed E-state index contributed by atoms with van der Waals surface area (Å²) in [5, 5.41) is 0.668. The number of pyridine rings is 1. The molecule has 1 fully saturated rings. The number of nitrogens with zero attached hydrogens (tertiary/aromatic N) is 1. The van der Waals surface area contributed by atoms with E-state index in [2.05, 4.69) is 0 Å². The highest BCUT2D eigenvalue weighted by atomic mass is 16.7. The van der Waals surface area contributed by atoms with Crippen molar-refractivity contribution in [2.45, 2.75) is 12.8 Å². The molecular weight excluding hydrogens is 274 g/mol. The fraction of sp³-hybridized carbons (Fsp3) is 0.333. The maximum atomic E-state index is 12.3. The zero-order chi connectivity index (χ0) is 14.8. The van der Waals surface area contributed by atoms with E-state index < -0.39 is 12.3 Å². The molecule has 0 unspecified atom stereocenters. The Hall–Kier alpha value is -2.18. The Morgan fingerprint density at radius 3 is 2.76 bits per heavy atom. The van der Waals surface area contributed by atoms with E-state index in [1.165, 1.54) is 13.2 Å². The number of hydrogen-bond acceptors (Lipinski definition) is 5. The molecule has 1 aromatic heterocycles. The van der Waals surface area contributed by atoms with Crippen molar-refractivity contribution >= 4 is 16.9 Å². The topological polar surface area (TPSA) is 66.8 Å². The molecule has 0 spiro atoms. The summed E-state index contributed by atoms with van der Waals surface area (Å²) in [4.78, 5) is 24.1. The molecule has 0 bridgehead atoms. The third kappa shape index (κ3) is 2.55. The number of carbonyl (C=O) groups is 1. The van der Waals surface area contributed by atoms with Crippen LogP contribution in [0.3, 0.4) is 0 Å². The second kappa shape index (κ2) is 5.67. The normalized spacial score (nSPS) is 15.5. The van der Waals surface area contributed by atoms with Crippen molar-refractivity contribution in [3.05, 3.63) is 46.2 Å². The summed E-state index contributed by atoms with van der Waals surface area (Å²) >= 11 is 0. The van der Waals surface area contributed by atoms with Crippen molar-refractivity contribution in [3.63, 3.8) is 0 Å². The molecule has 2 heterocycles. The van der Waals surface area contributed by atoms with Crippen LogP contribution < -0.4 is 5.56 Å². The number of methoxy groups -OCH3 is 1. The van der Waals surface area contributed by atoms with Crippen LogP contribution in [0.2, 0.25) is 0 Å². The molecule has 0 radical (unpaired) electrons. The highest BCUT2D eigenvalue weighted by molar-refractivity contribution is 6.03. The lowest BCUT2D eigenvalue weighted by atomic mass is 10.1. The molecule has 0 atom stereocenters. The molecule has 3 rings (SSSR count). The van der Waals surface area contributed by atoms with Gasteiger partial charge in [-0.25, -0.2) is 4.79 Å². The Kier molecular flexibility index (Phi) is 3.72. The molecule has 1 aliphatic heterocycles. The van der Waals surface area contributed by atoms with Gasteiger partial charge in [-0.1, -0.05) is 18.2 Å². The molecule has 110 valence electrons. The van der Waals surface area contributed by atoms with Crippen LogP contribution in [-0.4, -0.2) is 37.1 Å². The van der Waals surface area contributed by atoms with Crippen LogP contribution in [0.4, 0.5) is 0 Å². The van der Waals surface area contributed by atoms with E-state index in [-0.39, 0.29) is 11.1 Å². The van der Waals surface area contributed by atoms with Gasteiger partial charge in [0.15, 0.2) is 6.29 Å². The Labute approximate surface area is 120 Å². The lowest BCUT2D eigenvalue weighted by molar-refractivity contribution is -0.0522. The molecular formula is C15H15NO5. The number of aromatic nitrogens is 1. The zero-order valence-electron chi connectivity index (χ0n) is 11.6. The van der Waals surface area contributed by atoms with Gasteiger partial charge < -0.3 is 18.8 Å². The minimum absolute atomic E-state index is 0.266. The quantitative estimate of drug-likeness (QED) is 0.793. The van der Waals surface area contributed by atoms with Gasteiger partial charge in [0.1, 0.15) is 0 Å². The molecule has 6 heteroatoms. The number of esters is 1. The Morgan fingerprint density at radius 2 is 2.05 bits per heavy atom. The molecule has 6 nitrogen and oxygen atoms in total. The van der Waals surface area contributed by atoms with E-state index in [0.717, 1.165) is 0 Å². The summed E-state index contributed by atoms with van der Waals surface area (Å²) in [6, 6.07) is 8.50. The van der Waals surface area contributed by atoms with Gasteiger partial charge >= 0.3 is 5.97 Å². The number of rotatable bonds is 3. The molecule has 21 heavy (non-hydrogen) atoms. The number of ether oxygens (including phenoxy) is 3. The molecule has 1 aliphatic rings. The van der Waals surface area contributed by atoms with Gasteiger partial charge in [-0.15, -0.1) is 0 Å². The maximum Gasteiger partial charge on any atom is 0.338 e. The van der Waals surface area contributed by atoms with E-state index in [1.54, 1.807) is 16.7 Å². The SMILES string of the molecule is COC(=O)c1cc(=O)n(CC2OCCO2)c2ccccc12. The summed E-state index contributed by atoms with van der Waals surface area (Å²) in [5.74, 6) is -0.524. The Bertz CT molecular complexity index is 730. The number of para-hydroxylation sites is 1. The van der Waals surface area contributed by atoms with Crippen LogP contribution in [0.5, 0.6) is 0 Å². The number of hydrogen-bond donors (Lipinski definition) is 0. The van der Waals surface area contributed by atoms with Gasteiger partial charge in [0.25, 0.3) is 5.56 Å². The van der Waals surface area contributed by atoms with Crippen LogP contribution in [0.1, 0.15) is 10.4 Å². The highest BCUT2D eigenvalue weighted by Crippen LogP contribution is 2.19. The average Bonchev–Trinajstić information content (AvgIpc) is 3.02. The molecule has 1 aromatic carbocycles. The largest absolute Gasteiger partial charge is 0.465 e. The van der Waals surface area contributed by atoms with Crippen LogP contribution in [0.15, 0.2) is 35.1 Å².